The van der Waals surface area contributed by atoms with E-state index >= 15 is 0 Å². The number of esters is 1. The van der Waals surface area contributed by atoms with Gasteiger partial charge in [0.05, 0.1) is 54.5 Å². The lowest BCUT2D eigenvalue weighted by Crippen LogP contribution is -2.50. The number of amides is 3. The number of hydrogen-bond acceptors (Lipinski definition) is 10. The summed E-state index contributed by atoms with van der Waals surface area (Å²) < 4.78 is 16.7. The molecule has 1 aromatic carbocycles. The third-order valence-electron chi connectivity index (χ3n) is 7.29. The molecule has 2 heterocycles. The predicted molar refractivity (Wildman–Crippen MR) is 154 cm³/mol. The lowest BCUT2D eigenvalue weighted by atomic mass is 9.95. The quantitative estimate of drug-likeness (QED) is 0.283. The molecule has 0 aliphatic carbocycles. The second-order valence-corrected chi connectivity index (χ2v) is 11.5. The van der Waals surface area contributed by atoms with E-state index in [2.05, 4.69) is 10.6 Å². The van der Waals surface area contributed by atoms with Gasteiger partial charge in [-0.2, -0.15) is 0 Å². The highest BCUT2D eigenvalue weighted by Gasteiger charge is 2.49. The molecule has 15 heteroatoms. The third kappa shape index (κ3) is 9.05. The minimum Gasteiger partial charge on any atom is -0.454 e. The molecule has 1 radical (unpaired) electrons. The van der Waals surface area contributed by atoms with Crippen LogP contribution in [0.25, 0.3) is 0 Å². The Hall–Kier alpha value is -3.92. The number of cyclic esters (lactones) is 1. The van der Waals surface area contributed by atoms with Gasteiger partial charge in [-0.15, -0.1) is 10.3 Å². The number of nitro groups is 1. The molecule has 0 saturated carbocycles. The fourth-order valence-corrected chi connectivity index (χ4v) is 5.03. The second-order valence-electron chi connectivity index (χ2n) is 11.5. The first-order valence-corrected chi connectivity index (χ1v) is 14.4. The molecule has 0 spiro atoms. The van der Waals surface area contributed by atoms with Crippen molar-refractivity contribution in [2.24, 2.45) is 0 Å². The minimum absolute atomic E-state index is 0.0287. The van der Waals surface area contributed by atoms with Crippen molar-refractivity contribution in [3.05, 3.63) is 51.6 Å². The van der Waals surface area contributed by atoms with Gasteiger partial charge < -0.3 is 29.7 Å². The SMILES string of the molecule is CC1(C)C=C(C(=O)N2CCOCCOCCNC(=O)CCC(=O)NCC(c3ccccc3[N+](=O)[O-])OC(=O)C2)C(C)(C)N1[O]. The van der Waals surface area contributed by atoms with Gasteiger partial charge in [-0.05, 0) is 33.8 Å². The van der Waals surface area contributed by atoms with Gasteiger partial charge >= 0.3 is 5.97 Å². The van der Waals surface area contributed by atoms with Crippen LogP contribution < -0.4 is 10.6 Å². The maximum Gasteiger partial charge on any atom is 0.326 e. The van der Waals surface area contributed by atoms with Gasteiger partial charge in [-0.1, -0.05) is 18.2 Å². The molecular formula is C29H40N5O10. The Labute approximate surface area is 255 Å². The summed E-state index contributed by atoms with van der Waals surface area (Å²) in [7, 11) is 0. The molecule has 1 fully saturated rings. The van der Waals surface area contributed by atoms with E-state index in [-0.39, 0.29) is 81.6 Å². The molecular weight excluding hydrogens is 578 g/mol. The number of ether oxygens (including phenoxy) is 3. The van der Waals surface area contributed by atoms with Crippen LogP contribution >= 0.6 is 0 Å². The number of nitrogens with one attached hydrogen (secondary N) is 2. The van der Waals surface area contributed by atoms with Crippen LogP contribution in [0, 0.1) is 10.1 Å². The van der Waals surface area contributed by atoms with Gasteiger partial charge in [0.2, 0.25) is 11.8 Å². The van der Waals surface area contributed by atoms with E-state index < -0.39 is 46.4 Å². The molecule has 1 aromatic rings. The van der Waals surface area contributed by atoms with Crippen LogP contribution in [0.2, 0.25) is 0 Å². The first kappa shape index (κ1) is 34.6. The highest BCUT2D eigenvalue weighted by Crippen LogP contribution is 2.39. The van der Waals surface area contributed by atoms with Gasteiger partial charge in [-0.25, -0.2) is 0 Å². The van der Waals surface area contributed by atoms with Gasteiger partial charge in [0.15, 0.2) is 6.10 Å². The number of para-hydroxylation sites is 1. The first-order valence-electron chi connectivity index (χ1n) is 14.4. The van der Waals surface area contributed by atoms with E-state index in [1.165, 1.54) is 29.2 Å². The van der Waals surface area contributed by atoms with Crippen molar-refractivity contribution >= 4 is 29.4 Å². The van der Waals surface area contributed by atoms with E-state index in [1.54, 1.807) is 33.8 Å². The van der Waals surface area contributed by atoms with Crippen molar-refractivity contribution in [2.75, 3.05) is 52.6 Å². The molecule has 2 N–H and O–H groups in total. The zero-order valence-corrected chi connectivity index (χ0v) is 25.5. The van der Waals surface area contributed by atoms with Crippen LogP contribution in [-0.2, 0) is 38.6 Å². The topological polar surface area (TPSA) is 190 Å². The Kier molecular flexibility index (Phi) is 11.9. The van der Waals surface area contributed by atoms with Crippen molar-refractivity contribution in [1.82, 2.24) is 20.6 Å². The molecule has 3 rings (SSSR count). The van der Waals surface area contributed by atoms with Crippen molar-refractivity contribution in [3.8, 4) is 0 Å². The van der Waals surface area contributed by atoms with E-state index in [1.807, 2.05) is 0 Å². The van der Waals surface area contributed by atoms with E-state index in [0.29, 0.717) is 0 Å². The lowest BCUT2D eigenvalue weighted by molar-refractivity contribution is -0.386. The number of benzene rings is 1. The summed E-state index contributed by atoms with van der Waals surface area (Å²) in [5, 5.41) is 30.7. The van der Waals surface area contributed by atoms with Crippen LogP contribution in [0.1, 0.15) is 52.2 Å². The number of hydroxylamine groups is 2. The Morgan fingerprint density at radius 2 is 1.61 bits per heavy atom. The summed E-state index contributed by atoms with van der Waals surface area (Å²) in [5.74, 6) is -2.35. The molecule has 241 valence electrons. The smallest absolute Gasteiger partial charge is 0.326 e. The average Bonchev–Trinajstić information content (AvgIpc) is 3.14. The molecule has 1 unspecified atom stereocenters. The molecule has 1 atom stereocenters. The highest BCUT2D eigenvalue weighted by molar-refractivity contribution is 5.98. The van der Waals surface area contributed by atoms with Gasteiger partial charge in [0, 0.05) is 37.6 Å². The Bertz CT molecular complexity index is 1260. The summed E-state index contributed by atoms with van der Waals surface area (Å²) >= 11 is 0. The van der Waals surface area contributed by atoms with Crippen molar-refractivity contribution in [3.63, 3.8) is 0 Å². The Morgan fingerprint density at radius 3 is 2.25 bits per heavy atom. The van der Waals surface area contributed by atoms with Gasteiger partial charge in [0.25, 0.3) is 11.6 Å². The summed E-state index contributed by atoms with van der Waals surface area (Å²) in [5.41, 5.74) is -2.24. The third-order valence-corrected chi connectivity index (χ3v) is 7.29. The molecule has 0 aromatic heterocycles. The molecule has 2 aliphatic heterocycles. The maximum absolute atomic E-state index is 13.8. The van der Waals surface area contributed by atoms with Crippen LogP contribution in [0.5, 0.6) is 0 Å². The Morgan fingerprint density at radius 1 is 0.977 bits per heavy atom. The van der Waals surface area contributed by atoms with Crippen molar-refractivity contribution < 1.29 is 43.5 Å². The molecule has 1 saturated heterocycles. The first-order chi connectivity index (χ1) is 20.7. The number of nitrogens with zero attached hydrogens (tertiary/aromatic N) is 3. The van der Waals surface area contributed by atoms with E-state index in [9.17, 15) is 34.5 Å². The molecule has 2 aliphatic rings. The predicted octanol–water partition coefficient (Wildman–Crippen LogP) is 1.21. The van der Waals surface area contributed by atoms with E-state index in [4.69, 9.17) is 14.2 Å². The lowest BCUT2D eigenvalue weighted by Gasteiger charge is -2.34. The number of carbonyl (C=O) groups is 4. The van der Waals surface area contributed by atoms with Crippen LogP contribution in [0.3, 0.4) is 0 Å². The van der Waals surface area contributed by atoms with Gasteiger partial charge in [0.1, 0.15) is 6.54 Å². The van der Waals surface area contributed by atoms with Crippen molar-refractivity contribution in [2.45, 2.75) is 57.7 Å². The molecule has 15 nitrogen and oxygen atoms in total. The molecule has 44 heavy (non-hydrogen) atoms. The standard InChI is InChI=1S/C29H40N5O10/c1-28(2)17-21(29(3,4)34(28)41)27(38)32-12-14-43-16-15-42-13-11-30-24(35)9-10-25(36)31-18-23(44-26(37)19-32)20-7-5-6-8-22(20)33(39)40/h5-8,17,23H,9-16,18-19H2,1-4H3,(H,30,35)(H,31,36). The number of rotatable bonds is 3. The second kappa shape index (κ2) is 15.2. The largest absolute Gasteiger partial charge is 0.454 e. The Balaban J connectivity index is 1.88. The zero-order chi connectivity index (χ0) is 32.5. The van der Waals surface area contributed by atoms with Crippen molar-refractivity contribution in [1.29, 1.82) is 0 Å². The highest BCUT2D eigenvalue weighted by atomic mass is 16.6. The average molecular weight is 619 g/mol. The molecule has 0 bridgehead atoms. The fourth-order valence-electron chi connectivity index (χ4n) is 5.03. The van der Waals surface area contributed by atoms with Crippen LogP contribution in [0.15, 0.2) is 35.9 Å². The minimum atomic E-state index is -1.28. The summed E-state index contributed by atoms with van der Waals surface area (Å²) in [6.45, 7) is 6.55. The fraction of sp³-hybridized carbons (Fsp3) is 0.586. The maximum atomic E-state index is 13.8. The number of carbonyl (C=O) groups excluding carboxylic acids is 4. The summed E-state index contributed by atoms with van der Waals surface area (Å²) in [4.78, 5) is 64.0. The number of nitro benzene ring substituents is 1. The number of hydrogen-bond donors (Lipinski definition) is 2. The van der Waals surface area contributed by atoms with Crippen LogP contribution in [-0.4, -0.2) is 102 Å². The van der Waals surface area contributed by atoms with Gasteiger partial charge in [-0.3, -0.25) is 29.3 Å². The van der Waals surface area contributed by atoms with Crippen LogP contribution in [0.4, 0.5) is 5.69 Å². The summed E-state index contributed by atoms with van der Waals surface area (Å²) in [6.07, 6.45) is 0.0181. The normalized spacial score (nSPS) is 23.1. The molecule has 3 amide bonds. The zero-order valence-electron chi connectivity index (χ0n) is 25.5. The van der Waals surface area contributed by atoms with E-state index in [0.717, 1.165) is 5.06 Å². The monoisotopic (exact) mass is 618 g/mol. The summed E-state index contributed by atoms with van der Waals surface area (Å²) in [6, 6.07) is 5.63.